The van der Waals surface area contributed by atoms with Crippen molar-refractivity contribution >= 4 is 5.97 Å². The molecule has 22 heavy (non-hydrogen) atoms. The number of hydrogen-bond acceptors (Lipinski definition) is 3. The fraction of sp³-hybridized carbons (Fsp3) is 0.833. The molecular formula is C18H34O4. The van der Waals surface area contributed by atoms with Crippen molar-refractivity contribution in [2.24, 2.45) is 0 Å². The predicted octanol–water partition coefficient (Wildman–Crippen LogP) is 4.05. The van der Waals surface area contributed by atoms with Crippen LogP contribution in [-0.2, 0) is 4.79 Å². The van der Waals surface area contributed by atoms with Crippen molar-refractivity contribution in [3.63, 3.8) is 0 Å². The summed E-state index contributed by atoms with van der Waals surface area (Å²) in [5, 5.41) is 28.1. The van der Waals surface area contributed by atoms with Crippen molar-refractivity contribution in [3.8, 4) is 0 Å². The van der Waals surface area contributed by atoms with Crippen LogP contribution in [0.25, 0.3) is 0 Å². The molecule has 0 aliphatic heterocycles. The number of carbonyl (C=O) groups is 1. The SMILES string of the molecule is CCCCCCC(O)C(O)C=CCCCCCCCC(=O)O. The standard InChI is InChI=1S/C18H34O4/c1-2-3-4-10-13-16(19)17(20)14-11-8-6-5-7-9-12-15-18(21)22/h11,14,16-17,19-20H,2-10,12-13,15H2,1H3,(H,21,22). The van der Waals surface area contributed by atoms with Crippen molar-refractivity contribution in [1.82, 2.24) is 0 Å². The van der Waals surface area contributed by atoms with Crippen molar-refractivity contribution in [3.05, 3.63) is 12.2 Å². The Labute approximate surface area is 135 Å². The average Bonchev–Trinajstić information content (AvgIpc) is 2.49. The third kappa shape index (κ3) is 14.1. The van der Waals surface area contributed by atoms with E-state index in [4.69, 9.17) is 5.11 Å². The lowest BCUT2D eigenvalue weighted by atomic mass is 10.0. The Bertz CT molecular complexity index is 289. The zero-order valence-corrected chi connectivity index (χ0v) is 14.0. The molecule has 0 saturated carbocycles. The molecule has 0 radical (unpaired) electrons. The van der Waals surface area contributed by atoms with Gasteiger partial charge in [0.1, 0.15) is 0 Å². The number of aliphatic hydroxyl groups excluding tert-OH is 2. The Hall–Kier alpha value is -0.870. The van der Waals surface area contributed by atoms with Crippen LogP contribution in [0, 0.1) is 0 Å². The smallest absolute Gasteiger partial charge is 0.303 e. The summed E-state index contributed by atoms with van der Waals surface area (Å²) in [6.45, 7) is 2.15. The summed E-state index contributed by atoms with van der Waals surface area (Å²) in [6, 6.07) is 0. The summed E-state index contributed by atoms with van der Waals surface area (Å²) < 4.78 is 0. The van der Waals surface area contributed by atoms with E-state index in [2.05, 4.69) is 6.92 Å². The van der Waals surface area contributed by atoms with Gasteiger partial charge in [0.15, 0.2) is 0 Å². The van der Waals surface area contributed by atoms with Gasteiger partial charge in [0, 0.05) is 6.42 Å². The second-order valence-electron chi connectivity index (χ2n) is 6.04. The van der Waals surface area contributed by atoms with Crippen LogP contribution in [-0.4, -0.2) is 33.5 Å². The first-order chi connectivity index (χ1) is 10.6. The maximum Gasteiger partial charge on any atom is 0.303 e. The number of rotatable bonds is 15. The number of aliphatic hydroxyl groups is 2. The largest absolute Gasteiger partial charge is 0.481 e. The van der Waals surface area contributed by atoms with Crippen LogP contribution in [0.1, 0.15) is 84.0 Å². The fourth-order valence-electron chi connectivity index (χ4n) is 2.38. The van der Waals surface area contributed by atoms with E-state index < -0.39 is 18.2 Å². The predicted molar refractivity (Wildman–Crippen MR) is 89.9 cm³/mol. The van der Waals surface area contributed by atoms with Crippen LogP contribution in [0.5, 0.6) is 0 Å². The van der Waals surface area contributed by atoms with Crippen molar-refractivity contribution < 1.29 is 20.1 Å². The lowest BCUT2D eigenvalue weighted by Crippen LogP contribution is -2.23. The van der Waals surface area contributed by atoms with Gasteiger partial charge in [-0.15, -0.1) is 0 Å². The van der Waals surface area contributed by atoms with E-state index >= 15 is 0 Å². The van der Waals surface area contributed by atoms with Crippen LogP contribution in [0.15, 0.2) is 12.2 Å². The van der Waals surface area contributed by atoms with E-state index in [0.717, 1.165) is 51.4 Å². The molecule has 130 valence electrons. The number of allylic oxidation sites excluding steroid dienone is 1. The van der Waals surface area contributed by atoms with Gasteiger partial charge < -0.3 is 15.3 Å². The molecule has 0 heterocycles. The minimum Gasteiger partial charge on any atom is -0.481 e. The lowest BCUT2D eigenvalue weighted by molar-refractivity contribution is -0.137. The number of unbranched alkanes of at least 4 members (excludes halogenated alkanes) is 8. The van der Waals surface area contributed by atoms with Gasteiger partial charge in [-0.2, -0.15) is 0 Å². The minimum atomic E-state index is -0.753. The molecule has 0 aliphatic carbocycles. The highest BCUT2D eigenvalue weighted by molar-refractivity contribution is 5.66. The van der Waals surface area contributed by atoms with Gasteiger partial charge in [-0.1, -0.05) is 64.0 Å². The maximum absolute atomic E-state index is 10.3. The van der Waals surface area contributed by atoms with Crippen LogP contribution in [0.3, 0.4) is 0 Å². The normalized spacial score (nSPS) is 14.3. The molecule has 0 aromatic rings. The molecule has 3 N–H and O–H groups in total. The summed E-state index contributed by atoms with van der Waals surface area (Å²) in [5.74, 6) is -0.717. The fourth-order valence-corrected chi connectivity index (χ4v) is 2.38. The summed E-state index contributed by atoms with van der Waals surface area (Å²) >= 11 is 0. The first-order valence-corrected chi connectivity index (χ1v) is 8.82. The third-order valence-corrected chi connectivity index (χ3v) is 3.84. The number of aliphatic carboxylic acids is 1. The Morgan fingerprint density at radius 2 is 1.59 bits per heavy atom. The van der Waals surface area contributed by atoms with Gasteiger partial charge in [-0.05, 0) is 25.7 Å². The first kappa shape index (κ1) is 21.1. The van der Waals surface area contributed by atoms with E-state index in [1.807, 2.05) is 6.08 Å². The van der Waals surface area contributed by atoms with Gasteiger partial charge in [0.05, 0.1) is 12.2 Å². The summed E-state index contributed by atoms with van der Waals surface area (Å²) in [6.07, 6.45) is 13.4. The molecule has 4 heteroatoms. The van der Waals surface area contributed by atoms with Crippen LogP contribution in [0.2, 0.25) is 0 Å². The molecule has 0 saturated heterocycles. The Morgan fingerprint density at radius 3 is 2.27 bits per heavy atom. The molecule has 2 unspecified atom stereocenters. The van der Waals surface area contributed by atoms with Crippen LogP contribution >= 0.6 is 0 Å². The highest BCUT2D eigenvalue weighted by atomic mass is 16.4. The Kier molecular flexibility index (Phi) is 14.4. The maximum atomic E-state index is 10.3. The molecule has 0 amide bonds. The zero-order valence-electron chi connectivity index (χ0n) is 14.0. The van der Waals surface area contributed by atoms with E-state index in [-0.39, 0.29) is 6.42 Å². The second kappa shape index (κ2) is 15.0. The molecule has 0 fully saturated rings. The Morgan fingerprint density at radius 1 is 0.955 bits per heavy atom. The summed E-state index contributed by atoms with van der Waals surface area (Å²) in [7, 11) is 0. The Balaban J connectivity index is 3.48. The van der Waals surface area contributed by atoms with E-state index in [9.17, 15) is 15.0 Å². The molecule has 0 aromatic carbocycles. The first-order valence-electron chi connectivity index (χ1n) is 8.82. The summed E-state index contributed by atoms with van der Waals surface area (Å²) in [5.41, 5.74) is 0. The molecule has 4 nitrogen and oxygen atoms in total. The quantitative estimate of drug-likeness (QED) is 0.315. The number of carboxylic acid groups (broad SMARTS) is 1. The average molecular weight is 314 g/mol. The number of hydrogen-bond donors (Lipinski definition) is 3. The van der Waals surface area contributed by atoms with Crippen LogP contribution in [0.4, 0.5) is 0 Å². The molecule has 0 aromatic heterocycles. The van der Waals surface area contributed by atoms with Crippen molar-refractivity contribution in [2.45, 2.75) is 96.2 Å². The monoisotopic (exact) mass is 314 g/mol. The van der Waals surface area contributed by atoms with Crippen molar-refractivity contribution in [1.29, 1.82) is 0 Å². The van der Waals surface area contributed by atoms with Gasteiger partial charge in [-0.25, -0.2) is 0 Å². The lowest BCUT2D eigenvalue weighted by Gasteiger charge is -2.14. The van der Waals surface area contributed by atoms with Gasteiger partial charge in [0.2, 0.25) is 0 Å². The molecular weight excluding hydrogens is 280 g/mol. The molecule has 0 bridgehead atoms. The zero-order chi connectivity index (χ0) is 16.6. The second-order valence-corrected chi connectivity index (χ2v) is 6.04. The van der Waals surface area contributed by atoms with E-state index in [1.165, 1.54) is 12.8 Å². The van der Waals surface area contributed by atoms with Gasteiger partial charge in [-0.3, -0.25) is 4.79 Å². The summed E-state index contributed by atoms with van der Waals surface area (Å²) in [4.78, 5) is 10.3. The van der Waals surface area contributed by atoms with Gasteiger partial charge >= 0.3 is 5.97 Å². The van der Waals surface area contributed by atoms with Crippen molar-refractivity contribution in [2.75, 3.05) is 0 Å². The van der Waals surface area contributed by atoms with E-state index in [0.29, 0.717) is 6.42 Å². The topological polar surface area (TPSA) is 77.8 Å². The third-order valence-electron chi connectivity index (χ3n) is 3.84. The molecule has 0 spiro atoms. The van der Waals surface area contributed by atoms with Gasteiger partial charge in [0.25, 0.3) is 0 Å². The molecule has 0 aliphatic rings. The van der Waals surface area contributed by atoms with Crippen LogP contribution < -0.4 is 0 Å². The minimum absolute atomic E-state index is 0.266. The molecule has 2 atom stereocenters. The van der Waals surface area contributed by atoms with E-state index in [1.54, 1.807) is 6.08 Å². The number of carboxylic acids is 1. The highest BCUT2D eigenvalue weighted by Crippen LogP contribution is 2.11. The highest BCUT2D eigenvalue weighted by Gasteiger charge is 2.11. The molecule has 0 rings (SSSR count).